The van der Waals surface area contributed by atoms with E-state index in [1.165, 1.54) is 17.5 Å². The number of hydrogen-bond donors (Lipinski definition) is 1. The first-order valence-electron chi connectivity index (χ1n) is 8.09. The fourth-order valence-corrected chi connectivity index (χ4v) is 4.81. The van der Waals surface area contributed by atoms with Gasteiger partial charge in [-0.3, -0.25) is 0 Å². The van der Waals surface area contributed by atoms with Crippen molar-refractivity contribution in [2.24, 2.45) is 5.92 Å². The Bertz CT molecular complexity index is 568. The summed E-state index contributed by atoms with van der Waals surface area (Å²) in [5, 5.41) is 3.76. The Balaban J connectivity index is 1.84. The van der Waals surface area contributed by atoms with Crippen LogP contribution >= 0.6 is 0 Å². The number of ether oxygens (including phenoxy) is 2. The maximum Gasteiger partial charge on any atom is 0.119 e. The van der Waals surface area contributed by atoms with Gasteiger partial charge in [-0.25, -0.2) is 0 Å². The summed E-state index contributed by atoms with van der Waals surface area (Å²) in [4.78, 5) is 0. The highest BCUT2D eigenvalue weighted by atomic mass is 16.5. The lowest BCUT2D eigenvalue weighted by molar-refractivity contribution is -0.136. The first-order valence-corrected chi connectivity index (χ1v) is 8.09. The van der Waals surface area contributed by atoms with Gasteiger partial charge < -0.3 is 14.8 Å². The lowest BCUT2D eigenvalue weighted by Crippen LogP contribution is -2.64. The van der Waals surface area contributed by atoms with Crippen LogP contribution in [0.15, 0.2) is 18.2 Å². The minimum atomic E-state index is 0.00179. The van der Waals surface area contributed by atoms with Crippen molar-refractivity contribution < 1.29 is 9.47 Å². The van der Waals surface area contributed by atoms with Gasteiger partial charge in [0.1, 0.15) is 5.75 Å². The number of benzene rings is 1. The Morgan fingerprint density at radius 1 is 1.33 bits per heavy atom. The van der Waals surface area contributed by atoms with Crippen molar-refractivity contribution in [2.75, 3.05) is 20.3 Å². The second-order valence-electron chi connectivity index (χ2n) is 7.55. The Kier molecular flexibility index (Phi) is 2.89. The Morgan fingerprint density at radius 3 is 3.00 bits per heavy atom. The van der Waals surface area contributed by atoms with Gasteiger partial charge in [0.15, 0.2) is 0 Å². The van der Waals surface area contributed by atoms with Gasteiger partial charge in [0.25, 0.3) is 0 Å². The summed E-state index contributed by atoms with van der Waals surface area (Å²) in [5.74, 6) is 1.65. The van der Waals surface area contributed by atoms with E-state index in [-0.39, 0.29) is 11.0 Å². The van der Waals surface area contributed by atoms with E-state index in [4.69, 9.17) is 9.47 Å². The smallest absolute Gasteiger partial charge is 0.119 e. The summed E-state index contributed by atoms with van der Waals surface area (Å²) >= 11 is 0. The van der Waals surface area contributed by atoms with Crippen molar-refractivity contribution in [3.63, 3.8) is 0 Å². The molecule has 1 aliphatic carbocycles. The average Bonchev–Trinajstić information content (AvgIpc) is 2.46. The highest BCUT2D eigenvalue weighted by Gasteiger charge is 2.55. The molecule has 21 heavy (non-hydrogen) atoms. The van der Waals surface area contributed by atoms with E-state index in [1.54, 1.807) is 7.11 Å². The third-order valence-electron chi connectivity index (χ3n) is 5.90. The second-order valence-corrected chi connectivity index (χ2v) is 7.55. The van der Waals surface area contributed by atoms with Gasteiger partial charge in [-0.15, -0.1) is 0 Å². The van der Waals surface area contributed by atoms with Crippen LogP contribution in [-0.4, -0.2) is 31.9 Å². The van der Waals surface area contributed by atoms with Gasteiger partial charge in [-0.05, 0) is 68.8 Å². The van der Waals surface area contributed by atoms with Crippen LogP contribution < -0.4 is 10.1 Å². The molecule has 3 aliphatic rings. The molecule has 0 unspecified atom stereocenters. The highest BCUT2D eigenvalue weighted by Crippen LogP contribution is 2.53. The molecular formula is C18H25NO2. The van der Waals surface area contributed by atoms with Gasteiger partial charge in [-0.1, -0.05) is 6.07 Å². The molecule has 0 spiro atoms. The van der Waals surface area contributed by atoms with Gasteiger partial charge in [0.2, 0.25) is 0 Å². The number of nitrogens with one attached hydrogen (secondary N) is 1. The zero-order valence-electron chi connectivity index (χ0n) is 13.2. The molecule has 114 valence electrons. The van der Waals surface area contributed by atoms with Crippen molar-refractivity contribution in [3.8, 4) is 5.75 Å². The van der Waals surface area contributed by atoms with Gasteiger partial charge in [-0.2, -0.15) is 0 Å². The van der Waals surface area contributed by atoms with E-state index >= 15 is 0 Å². The third-order valence-corrected chi connectivity index (χ3v) is 5.90. The second kappa shape index (κ2) is 4.47. The molecule has 3 atom stereocenters. The van der Waals surface area contributed by atoms with E-state index in [2.05, 4.69) is 37.4 Å². The van der Waals surface area contributed by atoms with Crippen LogP contribution in [0.3, 0.4) is 0 Å². The van der Waals surface area contributed by atoms with Gasteiger partial charge in [0, 0.05) is 11.5 Å². The topological polar surface area (TPSA) is 30.5 Å². The minimum absolute atomic E-state index is 0.00179. The zero-order chi connectivity index (χ0) is 14.7. The Hall–Kier alpha value is -1.06. The molecule has 0 saturated carbocycles. The molecule has 1 aromatic carbocycles. The summed E-state index contributed by atoms with van der Waals surface area (Å²) in [5.41, 5.74) is 3.16. The molecular weight excluding hydrogens is 262 g/mol. The molecule has 2 aliphatic heterocycles. The van der Waals surface area contributed by atoms with Crippen molar-refractivity contribution in [2.45, 2.75) is 50.2 Å². The molecule has 0 aromatic heterocycles. The average molecular weight is 287 g/mol. The quantitative estimate of drug-likeness (QED) is 0.861. The number of piperidine rings is 1. The van der Waals surface area contributed by atoms with Crippen LogP contribution in [-0.2, 0) is 16.6 Å². The highest BCUT2D eigenvalue weighted by molar-refractivity contribution is 5.46. The maximum atomic E-state index is 6.27. The number of hydrogen-bond acceptors (Lipinski definition) is 3. The fraction of sp³-hybridized carbons (Fsp3) is 0.667. The number of methoxy groups -OCH3 is 1. The van der Waals surface area contributed by atoms with Crippen molar-refractivity contribution in [1.82, 2.24) is 5.32 Å². The number of fused-ring (bicyclic) bond motifs is 1. The van der Waals surface area contributed by atoms with E-state index in [0.29, 0.717) is 12.0 Å². The van der Waals surface area contributed by atoms with Crippen molar-refractivity contribution in [1.29, 1.82) is 0 Å². The Labute approximate surface area is 127 Å². The minimum Gasteiger partial charge on any atom is -0.497 e. The lowest BCUT2D eigenvalue weighted by atomic mass is 9.55. The molecule has 1 N–H and O–H groups in total. The molecule has 0 radical (unpaired) electrons. The molecule has 0 amide bonds. The summed E-state index contributed by atoms with van der Waals surface area (Å²) in [6.07, 6.45) is 3.45. The van der Waals surface area contributed by atoms with Crippen LogP contribution in [0.2, 0.25) is 0 Å². The number of rotatable bonds is 1. The molecule has 2 fully saturated rings. The normalized spacial score (nSPS) is 36.5. The van der Waals surface area contributed by atoms with Crippen LogP contribution in [0, 0.1) is 5.92 Å². The van der Waals surface area contributed by atoms with Crippen LogP contribution in [0.5, 0.6) is 5.75 Å². The van der Waals surface area contributed by atoms with Crippen LogP contribution in [0.25, 0.3) is 0 Å². The third kappa shape index (κ3) is 1.94. The summed E-state index contributed by atoms with van der Waals surface area (Å²) in [7, 11) is 1.76. The molecule has 4 rings (SSSR count). The first kappa shape index (κ1) is 13.6. The summed E-state index contributed by atoms with van der Waals surface area (Å²) in [6, 6.07) is 7.22. The van der Waals surface area contributed by atoms with Gasteiger partial charge >= 0.3 is 0 Å². The fourth-order valence-electron chi connectivity index (χ4n) is 4.81. The maximum absolute atomic E-state index is 6.27. The predicted octanol–water partition coefficient (Wildman–Crippen LogP) is 2.67. The summed E-state index contributed by atoms with van der Waals surface area (Å²) < 4.78 is 11.8. The molecule has 3 nitrogen and oxygen atoms in total. The molecule has 3 heteroatoms. The largest absolute Gasteiger partial charge is 0.497 e. The van der Waals surface area contributed by atoms with E-state index in [9.17, 15) is 0 Å². The molecule has 1 aromatic rings. The zero-order valence-corrected chi connectivity index (χ0v) is 13.2. The standard InChI is InChI=1S/C18H25NO2/c1-17(2)10-15-16-8-12-4-5-13(20-3)9-14(12)18(15,11-21-17)6-7-19-16/h4-5,9,15-16,19H,6-8,10-11H2,1-3H3/t15-,16+,18+/m0/s1. The summed E-state index contributed by atoms with van der Waals surface area (Å²) in [6.45, 7) is 6.41. The van der Waals surface area contributed by atoms with E-state index in [1.807, 2.05) is 0 Å². The van der Waals surface area contributed by atoms with Crippen LogP contribution in [0.1, 0.15) is 37.8 Å². The lowest BCUT2D eigenvalue weighted by Gasteiger charge is -2.58. The van der Waals surface area contributed by atoms with E-state index in [0.717, 1.165) is 31.7 Å². The monoisotopic (exact) mass is 287 g/mol. The van der Waals surface area contributed by atoms with Gasteiger partial charge in [0.05, 0.1) is 19.3 Å². The van der Waals surface area contributed by atoms with Crippen LogP contribution in [0.4, 0.5) is 0 Å². The SMILES string of the molecule is COc1ccc2c(c1)[C@]13CCN[C@H](C2)[C@@H]1CC(C)(C)OC3. The predicted molar refractivity (Wildman–Crippen MR) is 82.9 cm³/mol. The molecule has 2 saturated heterocycles. The van der Waals surface area contributed by atoms with E-state index < -0.39 is 0 Å². The Morgan fingerprint density at radius 2 is 2.19 bits per heavy atom. The van der Waals surface area contributed by atoms with Crippen molar-refractivity contribution >= 4 is 0 Å². The van der Waals surface area contributed by atoms with Crippen molar-refractivity contribution in [3.05, 3.63) is 29.3 Å². The molecule has 2 bridgehead atoms. The first-order chi connectivity index (χ1) is 10.0. The molecule has 2 heterocycles.